The summed E-state index contributed by atoms with van der Waals surface area (Å²) in [5.41, 5.74) is 1.42. The molecule has 0 aliphatic heterocycles. The van der Waals surface area contributed by atoms with E-state index in [9.17, 15) is 9.59 Å². The molecule has 1 N–H and O–H groups in total. The summed E-state index contributed by atoms with van der Waals surface area (Å²) in [7, 11) is 0. The number of carbonyl (C=O) groups is 2. The van der Waals surface area contributed by atoms with Crippen molar-refractivity contribution in [3.63, 3.8) is 0 Å². The highest BCUT2D eigenvalue weighted by Crippen LogP contribution is 2.13. The first-order valence-corrected chi connectivity index (χ1v) is 6.79. The largest absolute Gasteiger partial charge is 0.343 e. The average molecular weight is 280 g/mol. The minimum atomic E-state index is -0.242. The number of nitrogens with zero attached hydrogens (tertiary/aromatic N) is 1. The zero-order valence-corrected chi connectivity index (χ0v) is 12.5. The number of hydrogen-bond donors (Lipinski definition) is 2. The van der Waals surface area contributed by atoms with E-state index >= 15 is 0 Å². The Morgan fingerprint density at radius 2 is 1.89 bits per heavy atom. The van der Waals surface area contributed by atoms with Gasteiger partial charge in [0, 0.05) is 23.5 Å². The summed E-state index contributed by atoms with van der Waals surface area (Å²) in [5.74, 6) is -0.313. The van der Waals surface area contributed by atoms with Crippen molar-refractivity contribution in [3.8, 4) is 0 Å². The third-order valence-electron chi connectivity index (χ3n) is 2.98. The molecule has 4 nitrogen and oxygen atoms in total. The number of likely N-dealkylation sites (N-methyl/N-ethyl adjacent to an activating group) is 1. The number of hydrogen-bond acceptors (Lipinski definition) is 3. The van der Waals surface area contributed by atoms with E-state index in [0.29, 0.717) is 18.7 Å². The van der Waals surface area contributed by atoms with Crippen LogP contribution in [0.5, 0.6) is 0 Å². The van der Waals surface area contributed by atoms with Crippen molar-refractivity contribution in [2.75, 3.05) is 19.6 Å². The SMILES string of the molecule is CCN(CC)C(=O)CNC(=O)c1cc(S)ccc1C. The molecule has 0 aromatic heterocycles. The van der Waals surface area contributed by atoms with Crippen molar-refractivity contribution in [3.05, 3.63) is 29.3 Å². The van der Waals surface area contributed by atoms with Gasteiger partial charge in [-0.3, -0.25) is 9.59 Å². The van der Waals surface area contributed by atoms with Crippen LogP contribution < -0.4 is 5.32 Å². The molecule has 0 saturated heterocycles. The standard InChI is InChI=1S/C14H20N2O2S/c1-4-16(5-2)13(17)9-15-14(18)12-8-11(19)7-6-10(12)3/h6-8,19H,4-5,9H2,1-3H3,(H,15,18). The van der Waals surface area contributed by atoms with Gasteiger partial charge in [-0.05, 0) is 38.5 Å². The van der Waals surface area contributed by atoms with Crippen LogP contribution in [0.2, 0.25) is 0 Å². The highest BCUT2D eigenvalue weighted by atomic mass is 32.1. The van der Waals surface area contributed by atoms with Crippen LogP contribution in [0.25, 0.3) is 0 Å². The van der Waals surface area contributed by atoms with Crippen LogP contribution in [0.3, 0.4) is 0 Å². The van der Waals surface area contributed by atoms with Crippen LogP contribution in [-0.2, 0) is 4.79 Å². The van der Waals surface area contributed by atoms with Gasteiger partial charge >= 0.3 is 0 Å². The molecule has 104 valence electrons. The topological polar surface area (TPSA) is 49.4 Å². The zero-order valence-electron chi connectivity index (χ0n) is 11.6. The summed E-state index contributed by atoms with van der Waals surface area (Å²) < 4.78 is 0. The molecule has 0 saturated carbocycles. The third-order valence-corrected chi connectivity index (χ3v) is 3.26. The van der Waals surface area contributed by atoms with Crippen molar-refractivity contribution in [2.24, 2.45) is 0 Å². The molecule has 0 aliphatic rings. The lowest BCUT2D eigenvalue weighted by atomic mass is 10.1. The molecule has 1 aromatic carbocycles. The molecule has 19 heavy (non-hydrogen) atoms. The molecule has 0 fully saturated rings. The lowest BCUT2D eigenvalue weighted by Gasteiger charge is -2.18. The average Bonchev–Trinajstić information content (AvgIpc) is 2.40. The minimum Gasteiger partial charge on any atom is -0.343 e. The number of nitrogens with one attached hydrogen (secondary N) is 1. The lowest BCUT2D eigenvalue weighted by Crippen LogP contribution is -2.40. The fourth-order valence-corrected chi connectivity index (χ4v) is 2.00. The van der Waals surface area contributed by atoms with E-state index in [1.165, 1.54) is 0 Å². The maximum atomic E-state index is 12.0. The van der Waals surface area contributed by atoms with Gasteiger partial charge in [-0.2, -0.15) is 0 Å². The van der Waals surface area contributed by atoms with Crippen molar-refractivity contribution in [2.45, 2.75) is 25.7 Å². The normalized spacial score (nSPS) is 10.1. The summed E-state index contributed by atoms with van der Waals surface area (Å²) >= 11 is 4.21. The second-order valence-electron chi connectivity index (χ2n) is 4.25. The van der Waals surface area contributed by atoms with Crippen LogP contribution in [-0.4, -0.2) is 36.3 Å². The smallest absolute Gasteiger partial charge is 0.252 e. The number of aryl methyl sites for hydroxylation is 1. The van der Waals surface area contributed by atoms with Gasteiger partial charge in [0.05, 0.1) is 6.54 Å². The first-order chi connectivity index (χ1) is 8.99. The monoisotopic (exact) mass is 280 g/mol. The van der Waals surface area contributed by atoms with E-state index in [2.05, 4.69) is 17.9 Å². The first kappa shape index (κ1) is 15.6. The molecular formula is C14H20N2O2S. The Bertz CT molecular complexity index is 471. The molecule has 0 atom stereocenters. The summed E-state index contributed by atoms with van der Waals surface area (Å²) in [6, 6.07) is 5.37. The Hall–Kier alpha value is -1.49. The van der Waals surface area contributed by atoms with Crippen molar-refractivity contribution >= 4 is 24.4 Å². The van der Waals surface area contributed by atoms with Gasteiger partial charge < -0.3 is 10.2 Å². The summed E-state index contributed by atoms with van der Waals surface area (Å²) in [5, 5.41) is 2.65. The molecule has 0 radical (unpaired) electrons. The van der Waals surface area contributed by atoms with Crippen LogP contribution in [0.4, 0.5) is 0 Å². The van der Waals surface area contributed by atoms with E-state index in [1.807, 2.05) is 32.9 Å². The minimum absolute atomic E-state index is 0.0246. The highest BCUT2D eigenvalue weighted by Gasteiger charge is 2.13. The molecule has 5 heteroatoms. The lowest BCUT2D eigenvalue weighted by molar-refractivity contribution is -0.129. The van der Waals surface area contributed by atoms with E-state index in [-0.39, 0.29) is 18.4 Å². The second kappa shape index (κ2) is 7.19. The molecule has 0 spiro atoms. The van der Waals surface area contributed by atoms with Crippen molar-refractivity contribution in [1.29, 1.82) is 0 Å². The maximum Gasteiger partial charge on any atom is 0.252 e. The van der Waals surface area contributed by atoms with Gasteiger partial charge in [-0.15, -0.1) is 12.6 Å². The Balaban J connectivity index is 2.65. The quantitative estimate of drug-likeness (QED) is 0.809. The van der Waals surface area contributed by atoms with Gasteiger partial charge in [0.1, 0.15) is 0 Å². The number of carbonyl (C=O) groups excluding carboxylic acids is 2. The predicted molar refractivity (Wildman–Crippen MR) is 78.7 cm³/mol. The zero-order chi connectivity index (χ0) is 14.4. The van der Waals surface area contributed by atoms with Crippen molar-refractivity contribution in [1.82, 2.24) is 10.2 Å². The number of benzene rings is 1. The number of thiol groups is 1. The van der Waals surface area contributed by atoms with Gasteiger partial charge in [0.25, 0.3) is 5.91 Å². The van der Waals surface area contributed by atoms with E-state index in [4.69, 9.17) is 0 Å². The molecule has 0 bridgehead atoms. The van der Waals surface area contributed by atoms with E-state index in [0.717, 1.165) is 10.5 Å². The van der Waals surface area contributed by atoms with Crippen LogP contribution in [0.15, 0.2) is 23.1 Å². The third kappa shape index (κ3) is 4.28. The molecule has 2 amide bonds. The molecule has 0 heterocycles. The van der Waals surface area contributed by atoms with Gasteiger partial charge in [-0.25, -0.2) is 0 Å². The number of amides is 2. The fraction of sp³-hybridized carbons (Fsp3) is 0.429. The Morgan fingerprint density at radius 3 is 2.47 bits per heavy atom. The fourth-order valence-electron chi connectivity index (χ4n) is 1.79. The first-order valence-electron chi connectivity index (χ1n) is 6.35. The van der Waals surface area contributed by atoms with Crippen LogP contribution >= 0.6 is 12.6 Å². The van der Waals surface area contributed by atoms with Gasteiger partial charge in [0.2, 0.25) is 5.91 Å². The number of rotatable bonds is 5. The Labute approximate surface area is 119 Å². The van der Waals surface area contributed by atoms with Crippen LogP contribution in [0, 0.1) is 6.92 Å². The Kier molecular flexibility index (Phi) is 5.89. The predicted octanol–water partition coefficient (Wildman–Crippen LogP) is 1.88. The van der Waals surface area contributed by atoms with Crippen LogP contribution in [0.1, 0.15) is 29.8 Å². The highest BCUT2D eigenvalue weighted by molar-refractivity contribution is 7.80. The molecule has 0 unspecified atom stereocenters. The summed E-state index contributed by atoms with van der Waals surface area (Å²) in [4.78, 5) is 26.2. The molecule has 1 rings (SSSR count). The summed E-state index contributed by atoms with van der Waals surface area (Å²) in [6.07, 6.45) is 0. The van der Waals surface area contributed by atoms with Gasteiger partial charge in [0.15, 0.2) is 0 Å². The molecular weight excluding hydrogens is 260 g/mol. The maximum absolute atomic E-state index is 12.0. The van der Waals surface area contributed by atoms with Crippen molar-refractivity contribution < 1.29 is 9.59 Å². The molecule has 0 aliphatic carbocycles. The second-order valence-corrected chi connectivity index (χ2v) is 4.76. The van der Waals surface area contributed by atoms with E-state index in [1.54, 1.807) is 11.0 Å². The van der Waals surface area contributed by atoms with E-state index < -0.39 is 0 Å². The Morgan fingerprint density at radius 1 is 1.26 bits per heavy atom. The summed E-state index contributed by atoms with van der Waals surface area (Å²) in [6.45, 7) is 7.01. The molecule has 1 aromatic rings. The van der Waals surface area contributed by atoms with Gasteiger partial charge in [-0.1, -0.05) is 6.07 Å².